The fourth-order valence-corrected chi connectivity index (χ4v) is 3.39. The Labute approximate surface area is 86.6 Å². The van der Waals surface area contributed by atoms with Crippen LogP contribution < -0.4 is 0 Å². The lowest BCUT2D eigenvalue weighted by Gasteiger charge is -2.31. The SMILES string of the molecule is C=C[Si](C)(C=C)OC12C=CC(C=C1)C2. The van der Waals surface area contributed by atoms with Gasteiger partial charge in [-0.3, -0.25) is 0 Å². The van der Waals surface area contributed by atoms with Gasteiger partial charge in [0, 0.05) is 0 Å². The lowest BCUT2D eigenvalue weighted by molar-refractivity contribution is 0.170. The summed E-state index contributed by atoms with van der Waals surface area (Å²) in [5.41, 5.74) is 3.72. The Morgan fingerprint density at radius 2 is 1.93 bits per heavy atom. The molecule has 2 heteroatoms. The van der Waals surface area contributed by atoms with Crippen molar-refractivity contribution in [2.24, 2.45) is 5.92 Å². The molecule has 0 unspecified atom stereocenters. The number of hydrogen-bond acceptors (Lipinski definition) is 1. The molecule has 0 saturated carbocycles. The van der Waals surface area contributed by atoms with Gasteiger partial charge in [0.05, 0.1) is 5.60 Å². The first-order chi connectivity index (χ1) is 6.61. The smallest absolute Gasteiger partial charge is 0.239 e. The summed E-state index contributed by atoms with van der Waals surface area (Å²) >= 11 is 0. The second-order valence-corrected chi connectivity index (χ2v) is 7.62. The summed E-state index contributed by atoms with van der Waals surface area (Å²) in [6.45, 7) is 9.80. The van der Waals surface area contributed by atoms with Gasteiger partial charge in [-0.2, -0.15) is 0 Å². The third-order valence-corrected chi connectivity index (χ3v) is 5.47. The van der Waals surface area contributed by atoms with E-state index < -0.39 is 8.32 Å². The normalized spacial score (nSPS) is 33.6. The second kappa shape index (κ2) is 3.07. The van der Waals surface area contributed by atoms with Crippen molar-refractivity contribution in [1.29, 1.82) is 0 Å². The summed E-state index contributed by atoms with van der Waals surface area (Å²) in [6.07, 6.45) is 9.87. The van der Waals surface area contributed by atoms with Crippen LogP contribution in [-0.2, 0) is 4.43 Å². The minimum absolute atomic E-state index is 0.145. The first-order valence-electron chi connectivity index (χ1n) is 4.97. The third kappa shape index (κ3) is 1.45. The molecule has 2 rings (SSSR count). The molecular weight excluding hydrogens is 188 g/mol. The van der Waals surface area contributed by atoms with Gasteiger partial charge in [-0.1, -0.05) is 35.7 Å². The minimum atomic E-state index is -1.90. The second-order valence-electron chi connectivity index (χ2n) is 4.24. The molecule has 0 aliphatic heterocycles. The maximum atomic E-state index is 6.20. The number of allylic oxidation sites excluding steroid dienone is 2. The fourth-order valence-electron chi connectivity index (χ4n) is 2.02. The quantitative estimate of drug-likeness (QED) is 0.505. The minimum Gasteiger partial charge on any atom is -0.397 e. The Kier molecular flexibility index (Phi) is 2.12. The maximum Gasteiger partial charge on any atom is 0.239 e. The van der Waals surface area contributed by atoms with Gasteiger partial charge >= 0.3 is 0 Å². The van der Waals surface area contributed by atoms with E-state index in [1.54, 1.807) is 0 Å². The molecule has 0 atom stereocenters. The summed E-state index contributed by atoms with van der Waals surface area (Å²) in [5.74, 6) is 0.586. The summed E-state index contributed by atoms with van der Waals surface area (Å²) in [6, 6.07) is 0. The standard InChI is InChI=1S/C12H16OSi/c1-4-14(3,5-2)13-12-8-6-11(10-12)7-9-12/h4-9,11H,1-2,10H2,3H3. The van der Waals surface area contributed by atoms with Crippen molar-refractivity contribution in [3.05, 3.63) is 48.9 Å². The predicted molar refractivity (Wildman–Crippen MR) is 62.2 cm³/mol. The lowest BCUT2D eigenvalue weighted by atomic mass is 10.1. The highest BCUT2D eigenvalue weighted by molar-refractivity contribution is 6.82. The first-order valence-corrected chi connectivity index (χ1v) is 7.54. The van der Waals surface area contributed by atoms with Crippen molar-refractivity contribution < 1.29 is 4.43 Å². The van der Waals surface area contributed by atoms with E-state index in [4.69, 9.17) is 4.43 Å². The average Bonchev–Trinajstić information content (AvgIpc) is 2.77. The Hall–Kier alpha value is -0.863. The van der Waals surface area contributed by atoms with Crippen LogP contribution in [0.4, 0.5) is 0 Å². The van der Waals surface area contributed by atoms with Crippen molar-refractivity contribution in [1.82, 2.24) is 0 Å². The van der Waals surface area contributed by atoms with Crippen molar-refractivity contribution in [3.8, 4) is 0 Å². The van der Waals surface area contributed by atoms with Crippen LogP contribution in [0.2, 0.25) is 6.55 Å². The van der Waals surface area contributed by atoms with Crippen LogP contribution in [0.3, 0.4) is 0 Å². The largest absolute Gasteiger partial charge is 0.397 e. The number of rotatable bonds is 4. The number of hydrogen-bond donors (Lipinski definition) is 0. The summed E-state index contributed by atoms with van der Waals surface area (Å²) < 4.78 is 6.20. The van der Waals surface area contributed by atoms with Gasteiger partial charge in [0.2, 0.25) is 8.32 Å². The molecule has 0 spiro atoms. The van der Waals surface area contributed by atoms with Crippen LogP contribution in [0.5, 0.6) is 0 Å². The average molecular weight is 204 g/mol. The van der Waals surface area contributed by atoms with Crippen LogP contribution >= 0.6 is 0 Å². The first kappa shape index (κ1) is 9.68. The van der Waals surface area contributed by atoms with E-state index in [1.807, 2.05) is 11.4 Å². The highest BCUT2D eigenvalue weighted by atomic mass is 28.4. The van der Waals surface area contributed by atoms with Gasteiger partial charge in [0.25, 0.3) is 0 Å². The Morgan fingerprint density at radius 1 is 1.36 bits per heavy atom. The van der Waals surface area contributed by atoms with Gasteiger partial charge < -0.3 is 4.43 Å². The molecule has 0 aromatic rings. The predicted octanol–water partition coefficient (Wildman–Crippen LogP) is 2.91. The van der Waals surface area contributed by atoms with Crippen molar-refractivity contribution >= 4 is 8.32 Å². The monoisotopic (exact) mass is 204 g/mol. The van der Waals surface area contributed by atoms with Crippen molar-refractivity contribution in [3.63, 3.8) is 0 Å². The van der Waals surface area contributed by atoms with E-state index in [1.165, 1.54) is 0 Å². The zero-order chi connectivity index (χ0) is 10.2. The molecule has 2 bridgehead atoms. The van der Waals surface area contributed by atoms with Crippen molar-refractivity contribution in [2.75, 3.05) is 0 Å². The van der Waals surface area contributed by atoms with Gasteiger partial charge in [-0.15, -0.1) is 13.2 Å². The molecule has 2 aliphatic rings. The zero-order valence-corrected chi connectivity index (χ0v) is 9.57. The van der Waals surface area contributed by atoms with Crippen molar-refractivity contribution in [2.45, 2.75) is 18.6 Å². The highest BCUT2D eigenvalue weighted by Gasteiger charge is 2.41. The van der Waals surface area contributed by atoms with E-state index >= 15 is 0 Å². The lowest BCUT2D eigenvalue weighted by Crippen LogP contribution is -2.40. The molecule has 0 amide bonds. The molecule has 0 fully saturated rings. The van der Waals surface area contributed by atoms with Crippen LogP contribution in [0.15, 0.2) is 48.9 Å². The molecule has 0 aromatic heterocycles. The highest BCUT2D eigenvalue weighted by Crippen LogP contribution is 2.41. The molecule has 74 valence electrons. The topological polar surface area (TPSA) is 9.23 Å². The van der Waals surface area contributed by atoms with Gasteiger partial charge in [-0.25, -0.2) is 0 Å². The van der Waals surface area contributed by atoms with Gasteiger partial charge in [0.1, 0.15) is 0 Å². The fraction of sp³-hybridized carbons (Fsp3) is 0.333. The van der Waals surface area contributed by atoms with E-state index in [0.29, 0.717) is 5.92 Å². The molecule has 0 heterocycles. The Bertz CT molecular complexity index is 305. The maximum absolute atomic E-state index is 6.20. The van der Waals surface area contributed by atoms with Crippen LogP contribution in [0.1, 0.15) is 6.42 Å². The van der Waals surface area contributed by atoms with E-state index in [9.17, 15) is 0 Å². The molecular formula is C12H16OSi. The summed E-state index contributed by atoms with van der Waals surface area (Å²) in [5, 5.41) is 0. The molecule has 0 saturated heterocycles. The van der Waals surface area contributed by atoms with E-state index in [-0.39, 0.29) is 5.60 Å². The summed E-state index contributed by atoms with van der Waals surface area (Å²) in [7, 11) is -1.90. The Balaban J connectivity index is 2.18. The number of fused-ring (bicyclic) bond motifs is 2. The summed E-state index contributed by atoms with van der Waals surface area (Å²) in [4.78, 5) is 0. The van der Waals surface area contributed by atoms with Crippen LogP contribution in [0, 0.1) is 5.92 Å². The van der Waals surface area contributed by atoms with Gasteiger partial charge in [0.15, 0.2) is 0 Å². The Morgan fingerprint density at radius 3 is 2.29 bits per heavy atom. The molecule has 14 heavy (non-hydrogen) atoms. The zero-order valence-electron chi connectivity index (χ0n) is 8.57. The van der Waals surface area contributed by atoms with Crippen LogP contribution in [0.25, 0.3) is 0 Å². The molecule has 1 nitrogen and oxygen atoms in total. The molecule has 2 aliphatic carbocycles. The molecule has 0 radical (unpaired) electrons. The third-order valence-electron chi connectivity index (χ3n) is 3.03. The van der Waals surface area contributed by atoms with Gasteiger partial charge in [-0.05, 0) is 18.9 Å². The molecule has 0 N–H and O–H groups in total. The van der Waals surface area contributed by atoms with Crippen LogP contribution in [-0.4, -0.2) is 13.9 Å². The molecule has 0 aromatic carbocycles. The van der Waals surface area contributed by atoms with E-state index in [0.717, 1.165) is 6.42 Å². The van der Waals surface area contributed by atoms with E-state index in [2.05, 4.69) is 44.0 Å².